The molecule has 1 aromatic heterocycles. The van der Waals surface area contributed by atoms with E-state index in [2.05, 4.69) is 33.2 Å². The Hall–Kier alpha value is -2.82. The first-order valence-corrected chi connectivity index (χ1v) is 8.27. The molecule has 0 unspecified atom stereocenters. The van der Waals surface area contributed by atoms with Crippen molar-refractivity contribution in [3.8, 4) is 0 Å². The monoisotopic (exact) mass is 320 g/mol. The molecule has 122 valence electrons. The maximum absolute atomic E-state index is 6.11. The molecule has 1 aliphatic rings. The van der Waals surface area contributed by atoms with Crippen LogP contribution in [0.4, 0.5) is 11.4 Å². The first-order chi connectivity index (χ1) is 11.8. The number of aromatic nitrogens is 2. The summed E-state index contributed by atoms with van der Waals surface area (Å²) < 4.78 is 5.41. The average Bonchev–Trinajstić information content (AvgIpc) is 3.04. The number of hydrogen-bond donors (Lipinski definition) is 1. The van der Waals surface area contributed by atoms with E-state index < -0.39 is 0 Å². The lowest BCUT2D eigenvalue weighted by Gasteiger charge is -2.30. The number of nitrogen functional groups attached to an aromatic ring is 1. The Balaban J connectivity index is 1.50. The van der Waals surface area contributed by atoms with Crippen LogP contribution in [0.5, 0.6) is 0 Å². The number of fused-ring (bicyclic) bond motifs is 1. The molecular weight excluding hydrogens is 300 g/mol. The summed E-state index contributed by atoms with van der Waals surface area (Å²) in [7, 11) is 0. The highest BCUT2D eigenvalue weighted by molar-refractivity contribution is 5.66. The fourth-order valence-corrected chi connectivity index (χ4v) is 3.26. The molecule has 0 saturated heterocycles. The van der Waals surface area contributed by atoms with Crippen LogP contribution in [-0.2, 0) is 19.4 Å². The summed E-state index contributed by atoms with van der Waals surface area (Å²) in [6, 6.07) is 16.3. The fourth-order valence-electron chi connectivity index (χ4n) is 3.26. The molecule has 3 aromatic rings. The molecule has 0 saturated carbocycles. The normalized spacial score (nSPS) is 13.8. The number of hydrogen-bond acceptors (Lipinski definition) is 5. The molecule has 0 aliphatic carbocycles. The Kier molecular flexibility index (Phi) is 3.91. The molecule has 2 aromatic carbocycles. The van der Waals surface area contributed by atoms with E-state index in [4.69, 9.17) is 10.3 Å². The van der Waals surface area contributed by atoms with Gasteiger partial charge in [-0.2, -0.15) is 4.98 Å². The lowest BCUT2D eigenvalue weighted by atomic mass is 10.00. The van der Waals surface area contributed by atoms with Gasteiger partial charge in [0.05, 0.1) is 13.0 Å². The first kappa shape index (κ1) is 14.8. The van der Waals surface area contributed by atoms with Gasteiger partial charge in [-0.1, -0.05) is 41.6 Å². The second kappa shape index (κ2) is 6.35. The number of benzene rings is 2. The van der Waals surface area contributed by atoms with Crippen molar-refractivity contribution in [3.63, 3.8) is 0 Å². The summed E-state index contributed by atoms with van der Waals surface area (Å²) in [6.45, 7) is 1.63. The predicted octanol–water partition coefficient (Wildman–Crippen LogP) is 3.20. The van der Waals surface area contributed by atoms with Gasteiger partial charge in [-0.3, -0.25) is 0 Å². The summed E-state index contributed by atoms with van der Waals surface area (Å²) >= 11 is 0. The van der Waals surface area contributed by atoms with Crippen molar-refractivity contribution in [2.24, 2.45) is 0 Å². The Morgan fingerprint density at radius 3 is 2.83 bits per heavy atom. The van der Waals surface area contributed by atoms with Gasteiger partial charge in [-0.15, -0.1) is 0 Å². The maximum atomic E-state index is 6.11. The first-order valence-electron chi connectivity index (χ1n) is 8.27. The highest BCUT2D eigenvalue weighted by Gasteiger charge is 2.20. The third-order valence-electron chi connectivity index (χ3n) is 4.42. The van der Waals surface area contributed by atoms with E-state index in [9.17, 15) is 0 Å². The van der Waals surface area contributed by atoms with Crippen molar-refractivity contribution in [1.29, 1.82) is 0 Å². The molecule has 24 heavy (non-hydrogen) atoms. The molecule has 1 aliphatic heterocycles. The Labute approximate surface area is 141 Å². The van der Waals surface area contributed by atoms with Gasteiger partial charge in [0.15, 0.2) is 5.82 Å². The van der Waals surface area contributed by atoms with E-state index in [1.54, 1.807) is 0 Å². The van der Waals surface area contributed by atoms with Gasteiger partial charge in [-0.05, 0) is 36.1 Å². The van der Waals surface area contributed by atoms with Crippen molar-refractivity contribution in [2.75, 3.05) is 17.2 Å². The van der Waals surface area contributed by atoms with Gasteiger partial charge in [-0.25, -0.2) is 0 Å². The van der Waals surface area contributed by atoms with E-state index in [1.807, 2.05) is 30.3 Å². The SMILES string of the molecule is Nc1cccc2c1CCCN2Cc1noc(Cc2ccccc2)n1. The van der Waals surface area contributed by atoms with Gasteiger partial charge in [0.1, 0.15) is 0 Å². The fraction of sp³-hybridized carbons (Fsp3) is 0.263. The van der Waals surface area contributed by atoms with Crippen molar-refractivity contribution < 1.29 is 4.52 Å². The second-order valence-corrected chi connectivity index (χ2v) is 6.14. The number of nitrogens with zero attached hydrogens (tertiary/aromatic N) is 3. The summed E-state index contributed by atoms with van der Waals surface area (Å²) in [5.74, 6) is 1.37. The quantitative estimate of drug-likeness (QED) is 0.748. The molecule has 0 amide bonds. The van der Waals surface area contributed by atoms with E-state index in [1.165, 1.54) is 16.8 Å². The van der Waals surface area contributed by atoms with E-state index in [-0.39, 0.29) is 0 Å². The lowest BCUT2D eigenvalue weighted by Crippen LogP contribution is -2.29. The topological polar surface area (TPSA) is 68.2 Å². The molecule has 4 rings (SSSR count). The van der Waals surface area contributed by atoms with Crippen LogP contribution in [0.2, 0.25) is 0 Å². The van der Waals surface area contributed by atoms with Crippen LogP contribution in [0, 0.1) is 0 Å². The number of anilines is 2. The largest absolute Gasteiger partial charge is 0.398 e. The minimum Gasteiger partial charge on any atom is -0.398 e. The second-order valence-electron chi connectivity index (χ2n) is 6.14. The highest BCUT2D eigenvalue weighted by atomic mass is 16.5. The van der Waals surface area contributed by atoms with Crippen molar-refractivity contribution in [3.05, 3.63) is 71.4 Å². The zero-order valence-corrected chi connectivity index (χ0v) is 13.5. The molecule has 0 atom stereocenters. The van der Waals surface area contributed by atoms with E-state index in [0.29, 0.717) is 18.9 Å². The van der Waals surface area contributed by atoms with Crippen LogP contribution < -0.4 is 10.6 Å². The molecular formula is C19H20N4O. The Bertz CT molecular complexity index is 828. The van der Waals surface area contributed by atoms with Crippen LogP contribution in [0.25, 0.3) is 0 Å². The third-order valence-corrected chi connectivity index (χ3v) is 4.42. The number of rotatable bonds is 4. The molecule has 0 spiro atoms. The Morgan fingerprint density at radius 1 is 1.08 bits per heavy atom. The van der Waals surface area contributed by atoms with E-state index in [0.717, 1.165) is 30.9 Å². The molecule has 5 nitrogen and oxygen atoms in total. The molecule has 2 heterocycles. The van der Waals surface area contributed by atoms with Gasteiger partial charge in [0, 0.05) is 17.9 Å². The van der Waals surface area contributed by atoms with Gasteiger partial charge >= 0.3 is 0 Å². The standard InChI is InChI=1S/C19H20N4O/c20-16-9-4-10-17-15(16)8-5-11-23(17)13-18-21-19(24-22-18)12-14-6-2-1-3-7-14/h1-4,6-7,9-10H,5,8,11-13,20H2. The smallest absolute Gasteiger partial charge is 0.231 e. The van der Waals surface area contributed by atoms with Gasteiger partial charge in [0.25, 0.3) is 0 Å². The molecule has 0 fully saturated rings. The lowest BCUT2D eigenvalue weighted by molar-refractivity contribution is 0.379. The van der Waals surface area contributed by atoms with Gasteiger partial charge < -0.3 is 15.2 Å². The van der Waals surface area contributed by atoms with Crippen LogP contribution in [0.15, 0.2) is 53.1 Å². The Morgan fingerprint density at radius 2 is 1.96 bits per heavy atom. The zero-order chi connectivity index (χ0) is 16.4. The molecule has 2 N–H and O–H groups in total. The number of nitrogens with two attached hydrogens (primary N) is 1. The minimum atomic E-state index is 0.648. The van der Waals surface area contributed by atoms with Crippen molar-refractivity contribution in [2.45, 2.75) is 25.8 Å². The van der Waals surface area contributed by atoms with Crippen LogP contribution >= 0.6 is 0 Å². The molecule has 5 heteroatoms. The molecule has 0 bridgehead atoms. The third kappa shape index (κ3) is 2.97. The minimum absolute atomic E-state index is 0.648. The summed E-state index contributed by atoms with van der Waals surface area (Å²) in [5.41, 5.74) is 10.6. The molecule has 0 radical (unpaired) electrons. The maximum Gasteiger partial charge on any atom is 0.231 e. The summed E-state index contributed by atoms with van der Waals surface area (Å²) in [5, 5.41) is 4.14. The van der Waals surface area contributed by atoms with Crippen molar-refractivity contribution >= 4 is 11.4 Å². The van der Waals surface area contributed by atoms with Crippen LogP contribution in [-0.4, -0.2) is 16.7 Å². The summed E-state index contributed by atoms with van der Waals surface area (Å²) in [4.78, 5) is 6.83. The van der Waals surface area contributed by atoms with E-state index >= 15 is 0 Å². The highest BCUT2D eigenvalue weighted by Crippen LogP contribution is 2.31. The summed E-state index contributed by atoms with van der Waals surface area (Å²) in [6.07, 6.45) is 2.79. The average molecular weight is 320 g/mol. The zero-order valence-electron chi connectivity index (χ0n) is 13.5. The predicted molar refractivity (Wildman–Crippen MR) is 93.8 cm³/mol. The van der Waals surface area contributed by atoms with Gasteiger partial charge in [0.2, 0.25) is 5.89 Å². The van der Waals surface area contributed by atoms with Crippen LogP contribution in [0.1, 0.15) is 29.3 Å². The van der Waals surface area contributed by atoms with Crippen molar-refractivity contribution in [1.82, 2.24) is 10.1 Å². The van der Waals surface area contributed by atoms with Crippen LogP contribution in [0.3, 0.4) is 0 Å².